The van der Waals surface area contributed by atoms with E-state index >= 15 is 0 Å². The second-order valence-corrected chi connectivity index (χ2v) is 10.7. The van der Waals surface area contributed by atoms with Crippen LogP contribution in [0.3, 0.4) is 0 Å². The lowest BCUT2D eigenvalue weighted by Crippen LogP contribution is -2.61. The number of carbonyl (C=O) groups excluding carboxylic acids is 1. The molecule has 38 heavy (non-hydrogen) atoms. The molecule has 0 aromatic carbocycles. The molecule has 2 fully saturated rings. The van der Waals surface area contributed by atoms with Crippen molar-refractivity contribution in [1.82, 2.24) is 0 Å². The van der Waals surface area contributed by atoms with Crippen molar-refractivity contribution in [1.29, 1.82) is 0 Å². The van der Waals surface area contributed by atoms with Gasteiger partial charge in [-0.3, -0.25) is 0 Å². The van der Waals surface area contributed by atoms with Crippen LogP contribution in [0.5, 0.6) is 0 Å². The van der Waals surface area contributed by atoms with Crippen LogP contribution in [0, 0.1) is 17.8 Å². The molecule has 0 amide bonds. The van der Waals surface area contributed by atoms with E-state index in [2.05, 4.69) is 0 Å². The lowest BCUT2D eigenvalue weighted by atomic mass is 9.81. The minimum Gasteiger partial charge on any atom is -0.478 e. The van der Waals surface area contributed by atoms with E-state index in [1.54, 1.807) is 19.9 Å². The van der Waals surface area contributed by atoms with Crippen molar-refractivity contribution >= 4 is 11.9 Å². The van der Waals surface area contributed by atoms with Gasteiger partial charge in [-0.1, -0.05) is 13.0 Å². The van der Waals surface area contributed by atoms with Gasteiger partial charge < -0.3 is 49.6 Å². The van der Waals surface area contributed by atoms with Gasteiger partial charge in [0, 0.05) is 18.1 Å². The van der Waals surface area contributed by atoms with Gasteiger partial charge in [0.2, 0.25) is 6.29 Å². The molecule has 0 spiro atoms. The normalized spacial score (nSPS) is 38.1. The summed E-state index contributed by atoms with van der Waals surface area (Å²) in [6.45, 7) is 4.81. The number of hydrogen-bond acceptors (Lipinski definition) is 11. The van der Waals surface area contributed by atoms with Crippen molar-refractivity contribution < 1.29 is 59.2 Å². The van der Waals surface area contributed by atoms with Crippen LogP contribution in [0.25, 0.3) is 0 Å². The summed E-state index contributed by atoms with van der Waals surface area (Å²) in [5.41, 5.74) is -0.966. The fraction of sp³-hybridized carbons (Fsp3) is 0.769. The van der Waals surface area contributed by atoms with Gasteiger partial charge in [0.05, 0.1) is 23.4 Å². The van der Waals surface area contributed by atoms with Gasteiger partial charge in [0.1, 0.15) is 31.0 Å². The first kappa shape index (κ1) is 30.5. The van der Waals surface area contributed by atoms with Crippen LogP contribution < -0.4 is 0 Å². The fourth-order valence-corrected chi connectivity index (χ4v) is 5.30. The molecule has 1 aliphatic carbocycles. The smallest absolute Gasteiger partial charge is 0.334 e. The van der Waals surface area contributed by atoms with Gasteiger partial charge in [-0.2, -0.15) is 0 Å². The molecule has 216 valence electrons. The Morgan fingerprint density at radius 3 is 2.55 bits per heavy atom. The van der Waals surface area contributed by atoms with Crippen LogP contribution in [0.4, 0.5) is 0 Å². The number of aliphatic hydroxyl groups excluding tert-OH is 4. The zero-order valence-corrected chi connectivity index (χ0v) is 21.9. The van der Waals surface area contributed by atoms with Crippen LogP contribution in [0.1, 0.15) is 52.9 Å². The topological polar surface area (TPSA) is 192 Å². The van der Waals surface area contributed by atoms with E-state index in [1.807, 2.05) is 6.92 Å². The predicted molar refractivity (Wildman–Crippen MR) is 130 cm³/mol. The van der Waals surface area contributed by atoms with Crippen molar-refractivity contribution in [2.45, 2.75) is 95.5 Å². The third-order valence-corrected chi connectivity index (χ3v) is 7.75. The number of rotatable bonds is 11. The lowest BCUT2D eigenvalue weighted by molar-refractivity contribution is -0.346. The Morgan fingerprint density at radius 2 is 1.89 bits per heavy atom. The van der Waals surface area contributed by atoms with Crippen molar-refractivity contribution in [2.24, 2.45) is 17.8 Å². The van der Waals surface area contributed by atoms with Gasteiger partial charge in [-0.25, -0.2) is 9.59 Å². The summed E-state index contributed by atoms with van der Waals surface area (Å²) in [4.78, 5) is 24.0. The van der Waals surface area contributed by atoms with Gasteiger partial charge in [-0.05, 0) is 51.9 Å². The van der Waals surface area contributed by atoms with Crippen LogP contribution in [-0.2, 0) is 28.5 Å². The van der Waals surface area contributed by atoms with Crippen LogP contribution in [0.15, 0.2) is 23.5 Å². The number of carbonyl (C=O) groups is 2. The molecule has 3 unspecified atom stereocenters. The molecule has 1 saturated carbocycles. The second kappa shape index (κ2) is 12.9. The number of hydrogen-bond donors (Lipinski definition) is 6. The number of carboxylic acid groups (broad SMARTS) is 1. The van der Waals surface area contributed by atoms with E-state index in [0.717, 1.165) is 12.7 Å². The maximum Gasteiger partial charge on any atom is 0.334 e. The number of aliphatic hydroxyl groups is 5. The van der Waals surface area contributed by atoms with E-state index in [0.29, 0.717) is 37.2 Å². The lowest BCUT2D eigenvalue weighted by Gasteiger charge is -2.44. The zero-order chi connectivity index (χ0) is 28.2. The first-order valence-corrected chi connectivity index (χ1v) is 13.0. The number of ether oxygens (including phenoxy) is 4. The Balaban J connectivity index is 1.63. The first-order valence-electron chi connectivity index (χ1n) is 13.0. The molecule has 10 atom stereocenters. The highest BCUT2D eigenvalue weighted by atomic mass is 16.8. The van der Waals surface area contributed by atoms with Crippen molar-refractivity contribution in [3.63, 3.8) is 0 Å². The molecular formula is C26H40O12. The molecule has 12 nitrogen and oxygen atoms in total. The summed E-state index contributed by atoms with van der Waals surface area (Å²) in [6, 6.07) is 0. The van der Waals surface area contributed by atoms with E-state index in [1.165, 1.54) is 0 Å². The molecule has 6 N–H and O–H groups in total. The SMILES string of the molecule is C/C(=C\CCC(C)CCO)C(=O)OC[C@H]1O[C@@H](O[C@@H]2OC=C(C(=O)O)[C@H]3CC[C@](C)(O)[C@@H]23)C(O)[C@@H](O)C1O. The summed E-state index contributed by atoms with van der Waals surface area (Å²) in [5, 5.41) is 60.6. The van der Waals surface area contributed by atoms with Crippen LogP contribution >= 0.6 is 0 Å². The van der Waals surface area contributed by atoms with Gasteiger partial charge in [0.25, 0.3) is 0 Å². The number of esters is 1. The monoisotopic (exact) mass is 544 g/mol. The van der Waals surface area contributed by atoms with Gasteiger partial charge in [0.15, 0.2) is 6.29 Å². The zero-order valence-electron chi connectivity index (χ0n) is 21.9. The largest absolute Gasteiger partial charge is 0.478 e. The van der Waals surface area contributed by atoms with Gasteiger partial charge in [-0.15, -0.1) is 0 Å². The van der Waals surface area contributed by atoms with Crippen molar-refractivity contribution in [2.75, 3.05) is 13.2 Å². The van der Waals surface area contributed by atoms with E-state index in [-0.39, 0.29) is 12.2 Å². The average molecular weight is 545 g/mol. The average Bonchev–Trinajstić information content (AvgIpc) is 3.18. The molecule has 0 bridgehead atoms. The molecule has 3 aliphatic rings. The first-order chi connectivity index (χ1) is 17.9. The molecule has 2 aliphatic heterocycles. The third-order valence-electron chi connectivity index (χ3n) is 7.75. The Morgan fingerprint density at radius 1 is 1.18 bits per heavy atom. The Labute approximate surface area is 221 Å². The summed E-state index contributed by atoms with van der Waals surface area (Å²) in [5.74, 6) is -2.86. The number of aliphatic carboxylic acids is 1. The van der Waals surface area contributed by atoms with Crippen molar-refractivity contribution in [3.8, 4) is 0 Å². The summed E-state index contributed by atoms with van der Waals surface area (Å²) in [7, 11) is 0. The quantitative estimate of drug-likeness (QED) is 0.153. The summed E-state index contributed by atoms with van der Waals surface area (Å²) < 4.78 is 22.2. The highest BCUT2D eigenvalue weighted by molar-refractivity contribution is 5.88. The Hall–Kier alpha value is -2.06. The number of allylic oxidation sites excluding steroid dienone is 1. The molecular weight excluding hydrogens is 504 g/mol. The second-order valence-electron chi connectivity index (χ2n) is 10.7. The summed E-state index contributed by atoms with van der Waals surface area (Å²) in [6.07, 6.45) is -3.40. The highest BCUT2D eigenvalue weighted by Crippen LogP contribution is 2.49. The fourth-order valence-electron chi connectivity index (χ4n) is 5.30. The number of fused-ring (bicyclic) bond motifs is 1. The highest BCUT2D eigenvalue weighted by Gasteiger charge is 2.56. The molecule has 0 radical (unpaired) electrons. The Bertz CT molecular complexity index is 899. The predicted octanol–water partition coefficient (Wildman–Crippen LogP) is 0.201. The molecule has 3 rings (SSSR count). The molecule has 1 saturated heterocycles. The maximum absolute atomic E-state index is 12.4. The number of carboxylic acids is 1. The van der Waals surface area contributed by atoms with Gasteiger partial charge >= 0.3 is 11.9 Å². The molecule has 2 heterocycles. The summed E-state index contributed by atoms with van der Waals surface area (Å²) >= 11 is 0. The standard InChI is InChI=1S/C26H40O12/c1-13(8-10-27)5-4-6-14(2)23(33)35-12-17-19(28)20(29)21(30)25(37-17)38-24-18-15(7-9-26(18,3)34)16(11-36-24)22(31)32/h6,11,13,15,17-21,24-25,27-30,34H,4-5,7-10,12H2,1-3H3,(H,31,32)/b14-6+/t13?,15-,17-,18-,19?,20+,21?,24+,25+,26+/m1/s1. The van der Waals surface area contributed by atoms with E-state index < -0.39 is 73.0 Å². The molecule has 0 aromatic rings. The van der Waals surface area contributed by atoms with Crippen molar-refractivity contribution in [3.05, 3.63) is 23.5 Å². The minimum atomic E-state index is -1.70. The van der Waals surface area contributed by atoms with Crippen LogP contribution in [0.2, 0.25) is 0 Å². The minimum absolute atomic E-state index is 0.00395. The molecule has 0 aromatic heterocycles. The third kappa shape index (κ3) is 6.92. The molecule has 12 heteroatoms. The maximum atomic E-state index is 12.4. The van der Waals surface area contributed by atoms with E-state index in [4.69, 9.17) is 24.1 Å². The Kier molecular flexibility index (Phi) is 10.3. The van der Waals surface area contributed by atoms with E-state index in [9.17, 15) is 35.1 Å². The van der Waals surface area contributed by atoms with Crippen LogP contribution in [-0.4, -0.2) is 98.4 Å².